The zero-order chi connectivity index (χ0) is 18.7. The monoisotopic (exact) mass is 351 g/mol. The van der Waals surface area contributed by atoms with E-state index in [4.69, 9.17) is 4.74 Å². The Hall–Kier alpha value is -3.15. The third kappa shape index (κ3) is 3.59. The van der Waals surface area contributed by atoms with Gasteiger partial charge in [-0.3, -0.25) is 14.6 Å². The van der Waals surface area contributed by atoms with E-state index in [0.29, 0.717) is 17.1 Å². The van der Waals surface area contributed by atoms with Crippen LogP contribution in [-0.2, 0) is 9.59 Å². The number of amides is 2. The highest BCUT2D eigenvalue weighted by molar-refractivity contribution is 6.47. The third-order valence-electron chi connectivity index (χ3n) is 4.20. The second kappa shape index (κ2) is 7.00. The third-order valence-corrected chi connectivity index (χ3v) is 4.20. The Balaban J connectivity index is 1.73. The summed E-state index contributed by atoms with van der Waals surface area (Å²) in [6.07, 6.45) is 0. The molecule has 3 rings (SSSR count). The van der Waals surface area contributed by atoms with Crippen molar-refractivity contribution < 1.29 is 14.3 Å². The molecule has 134 valence electrons. The molecule has 0 fully saturated rings. The van der Waals surface area contributed by atoms with Crippen LogP contribution in [0.15, 0.2) is 59.6 Å². The van der Waals surface area contributed by atoms with Crippen LogP contribution in [-0.4, -0.2) is 41.7 Å². The lowest BCUT2D eigenvalue weighted by molar-refractivity contribution is -0.131. The van der Waals surface area contributed by atoms with Crippen LogP contribution in [0.2, 0.25) is 0 Å². The summed E-state index contributed by atoms with van der Waals surface area (Å²) in [6, 6.07) is 16.3. The largest absolute Gasteiger partial charge is 0.497 e. The van der Waals surface area contributed by atoms with Crippen molar-refractivity contribution in [2.75, 3.05) is 19.0 Å². The Bertz CT molecular complexity index is 860. The standard InChI is InChI=1S/C20H21N3O3/c1-20(2)22-18(14-8-5-4-6-9-14)19(25)23(20)13-17(24)21-15-10-7-11-16(12-15)26-3/h4-12H,13H2,1-3H3,(H,21,24). The Morgan fingerprint density at radius 3 is 2.58 bits per heavy atom. The van der Waals surface area contributed by atoms with Gasteiger partial charge >= 0.3 is 0 Å². The van der Waals surface area contributed by atoms with Crippen molar-refractivity contribution in [2.24, 2.45) is 4.99 Å². The summed E-state index contributed by atoms with van der Waals surface area (Å²) >= 11 is 0. The molecule has 2 aromatic carbocycles. The van der Waals surface area contributed by atoms with Gasteiger partial charge < -0.3 is 15.0 Å². The molecule has 0 aliphatic carbocycles. The van der Waals surface area contributed by atoms with Gasteiger partial charge in [0.1, 0.15) is 23.7 Å². The minimum absolute atomic E-state index is 0.0805. The van der Waals surface area contributed by atoms with Crippen molar-refractivity contribution in [1.29, 1.82) is 0 Å². The van der Waals surface area contributed by atoms with Gasteiger partial charge in [-0.15, -0.1) is 0 Å². The lowest BCUT2D eigenvalue weighted by Gasteiger charge is -2.28. The summed E-state index contributed by atoms with van der Waals surface area (Å²) in [6.45, 7) is 3.56. The first kappa shape index (κ1) is 17.7. The Morgan fingerprint density at radius 1 is 1.15 bits per heavy atom. The molecule has 0 saturated carbocycles. The van der Waals surface area contributed by atoms with Crippen LogP contribution in [0.3, 0.4) is 0 Å². The van der Waals surface area contributed by atoms with Crippen molar-refractivity contribution in [3.8, 4) is 5.75 Å². The molecule has 0 radical (unpaired) electrons. The molecule has 1 aliphatic heterocycles. The number of methoxy groups -OCH3 is 1. The Kier molecular flexibility index (Phi) is 4.75. The molecule has 1 heterocycles. The van der Waals surface area contributed by atoms with Gasteiger partial charge in [0.2, 0.25) is 5.91 Å². The maximum atomic E-state index is 12.8. The van der Waals surface area contributed by atoms with Gasteiger partial charge in [-0.2, -0.15) is 0 Å². The second-order valence-electron chi connectivity index (χ2n) is 6.49. The summed E-state index contributed by atoms with van der Waals surface area (Å²) in [7, 11) is 1.56. The summed E-state index contributed by atoms with van der Waals surface area (Å²) in [5, 5.41) is 2.79. The zero-order valence-electron chi connectivity index (χ0n) is 15.0. The van der Waals surface area contributed by atoms with Gasteiger partial charge in [0.05, 0.1) is 7.11 Å². The number of carbonyl (C=O) groups is 2. The first-order valence-corrected chi connectivity index (χ1v) is 8.32. The van der Waals surface area contributed by atoms with Gasteiger partial charge in [-0.05, 0) is 26.0 Å². The number of anilines is 1. The summed E-state index contributed by atoms with van der Waals surface area (Å²) in [4.78, 5) is 31.3. The average molecular weight is 351 g/mol. The number of ether oxygens (including phenoxy) is 1. The summed E-state index contributed by atoms with van der Waals surface area (Å²) in [5.41, 5.74) is 0.961. The molecule has 26 heavy (non-hydrogen) atoms. The minimum atomic E-state index is -0.784. The minimum Gasteiger partial charge on any atom is -0.497 e. The fourth-order valence-corrected chi connectivity index (χ4v) is 2.85. The molecule has 0 aromatic heterocycles. The maximum absolute atomic E-state index is 12.8. The molecule has 6 nitrogen and oxygen atoms in total. The molecule has 2 amide bonds. The highest BCUT2D eigenvalue weighted by atomic mass is 16.5. The molecule has 1 N–H and O–H groups in total. The number of carbonyl (C=O) groups excluding carboxylic acids is 2. The normalized spacial score (nSPS) is 15.6. The van der Waals surface area contributed by atoms with Crippen LogP contribution < -0.4 is 10.1 Å². The van der Waals surface area contributed by atoms with Crippen LogP contribution >= 0.6 is 0 Å². The molecule has 0 bridgehead atoms. The van der Waals surface area contributed by atoms with Crippen molar-refractivity contribution in [3.05, 3.63) is 60.2 Å². The topological polar surface area (TPSA) is 71.0 Å². The SMILES string of the molecule is COc1cccc(NC(=O)CN2C(=O)C(c3ccccc3)=NC2(C)C)c1. The van der Waals surface area contributed by atoms with Crippen LogP contribution in [0, 0.1) is 0 Å². The summed E-state index contributed by atoms with van der Waals surface area (Å²) < 4.78 is 5.15. The van der Waals surface area contributed by atoms with Crippen LogP contribution in [0.1, 0.15) is 19.4 Å². The molecule has 1 aliphatic rings. The number of aliphatic imine (C=N–C) groups is 1. The fraction of sp³-hybridized carbons (Fsp3) is 0.250. The lowest BCUT2D eigenvalue weighted by Crippen LogP contribution is -2.46. The van der Waals surface area contributed by atoms with Crippen molar-refractivity contribution in [2.45, 2.75) is 19.5 Å². The first-order valence-electron chi connectivity index (χ1n) is 8.32. The van der Waals surface area contributed by atoms with E-state index in [9.17, 15) is 9.59 Å². The van der Waals surface area contributed by atoms with E-state index in [1.807, 2.05) is 44.2 Å². The zero-order valence-corrected chi connectivity index (χ0v) is 15.0. The molecule has 0 spiro atoms. The van der Waals surface area contributed by atoms with Crippen LogP contribution in [0.4, 0.5) is 5.69 Å². The van der Waals surface area contributed by atoms with Gasteiger partial charge in [0.25, 0.3) is 5.91 Å². The van der Waals surface area contributed by atoms with Crippen molar-refractivity contribution in [3.63, 3.8) is 0 Å². The van der Waals surface area contributed by atoms with Crippen molar-refractivity contribution in [1.82, 2.24) is 4.90 Å². The Morgan fingerprint density at radius 2 is 1.88 bits per heavy atom. The number of nitrogens with zero attached hydrogens (tertiary/aromatic N) is 2. The lowest BCUT2D eigenvalue weighted by atomic mass is 10.1. The first-order chi connectivity index (χ1) is 12.4. The smallest absolute Gasteiger partial charge is 0.275 e. The second-order valence-corrected chi connectivity index (χ2v) is 6.49. The van der Waals surface area contributed by atoms with Crippen molar-refractivity contribution >= 4 is 23.2 Å². The highest BCUT2D eigenvalue weighted by Gasteiger charge is 2.41. The molecule has 0 unspecified atom stereocenters. The Labute approximate surface area is 152 Å². The molecular weight excluding hydrogens is 330 g/mol. The molecular formula is C20H21N3O3. The maximum Gasteiger partial charge on any atom is 0.275 e. The average Bonchev–Trinajstić information content (AvgIpc) is 2.86. The van der Waals surface area contributed by atoms with E-state index in [-0.39, 0.29) is 18.4 Å². The number of rotatable bonds is 5. The van der Waals surface area contributed by atoms with E-state index < -0.39 is 5.66 Å². The van der Waals surface area contributed by atoms with Crippen LogP contribution in [0.25, 0.3) is 0 Å². The van der Waals surface area contributed by atoms with Gasteiger partial charge in [-0.1, -0.05) is 36.4 Å². The van der Waals surface area contributed by atoms with E-state index in [1.54, 1.807) is 31.4 Å². The molecule has 0 saturated heterocycles. The summed E-state index contributed by atoms with van der Waals surface area (Å²) in [5.74, 6) is 0.112. The number of hydrogen-bond acceptors (Lipinski definition) is 4. The van der Waals surface area contributed by atoms with Crippen LogP contribution in [0.5, 0.6) is 5.75 Å². The number of nitrogens with one attached hydrogen (secondary N) is 1. The fourth-order valence-electron chi connectivity index (χ4n) is 2.85. The van der Waals surface area contributed by atoms with E-state index >= 15 is 0 Å². The van der Waals surface area contributed by atoms with E-state index in [0.717, 1.165) is 5.56 Å². The predicted molar refractivity (Wildman–Crippen MR) is 100 cm³/mol. The van der Waals surface area contributed by atoms with Gasteiger partial charge in [-0.25, -0.2) is 0 Å². The highest BCUT2D eigenvalue weighted by Crippen LogP contribution is 2.26. The number of benzene rings is 2. The quantitative estimate of drug-likeness (QED) is 0.900. The molecule has 2 aromatic rings. The van der Waals surface area contributed by atoms with Gasteiger partial charge in [0.15, 0.2) is 0 Å². The predicted octanol–water partition coefficient (Wildman–Crippen LogP) is 2.70. The molecule has 0 atom stereocenters. The van der Waals surface area contributed by atoms with E-state index in [2.05, 4.69) is 10.3 Å². The number of hydrogen-bond donors (Lipinski definition) is 1. The molecule has 6 heteroatoms. The van der Waals surface area contributed by atoms with E-state index in [1.165, 1.54) is 4.90 Å². The van der Waals surface area contributed by atoms with Gasteiger partial charge in [0, 0.05) is 17.3 Å².